The van der Waals surface area contributed by atoms with E-state index in [9.17, 15) is 0 Å². The molecule has 2 heterocycles. The molecule has 12 rings (SSSR count). The first-order chi connectivity index (χ1) is 30.7. The minimum Gasteiger partial charge on any atom is -0.454 e. The van der Waals surface area contributed by atoms with Gasteiger partial charge in [-0.15, -0.1) is 0 Å². The van der Waals surface area contributed by atoms with E-state index in [-0.39, 0.29) is 6.04 Å². The smallest absolute Gasteiger partial charge is 0.0754 e. The summed E-state index contributed by atoms with van der Waals surface area (Å²) in [5, 5.41) is 5.22. The molecule has 0 radical (unpaired) electrons. The van der Waals surface area contributed by atoms with Crippen LogP contribution >= 0.6 is 0 Å². The Hall–Kier alpha value is -8.01. The van der Waals surface area contributed by atoms with Gasteiger partial charge in [0.05, 0.1) is 16.8 Å². The summed E-state index contributed by atoms with van der Waals surface area (Å²) in [6.07, 6.45) is 2.21. The molecule has 0 saturated carbocycles. The van der Waals surface area contributed by atoms with Crippen LogP contribution in [-0.4, -0.2) is 5.84 Å². The Morgan fingerprint density at radius 1 is 0.387 bits per heavy atom. The van der Waals surface area contributed by atoms with Gasteiger partial charge in [-0.05, 0) is 114 Å². The zero-order valence-electron chi connectivity index (χ0n) is 33.9. The van der Waals surface area contributed by atoms with Crippen LogP contribution < -0.4 is 4.90 Å². The van der Waals surface area contributed by atoms with E-state index in [1.54, 1.807) is 0 Å². The Labute approximate surface area is 362 Å². The summed E-state index contributed by atoms with van der Waals surface area (Å²) in [6, 6.07) is 83.2. The fourth-order valence-corrected chi connectivity index (χ4v) is 10.1. The Balaban J connectivity index is 0.994. The monoisotopic (exact) mass is 790 g/mol. The highest BCUT2D eigenvalue weighted by Crippen LogP contribution is 2.63. The highest BCUT2D eigenvalue weighted by atomic mass is 15.2. The van der Waals surface area contributed by atoms with Gasteiger partial charge in [0.1, 0.15) is 0 Å². The zero-order chi connectivity index (χ0) is 41.0. The topological polar surface area (TPSA) is 29.7 Å². The molecule has 3 nitrogen and oxygen atoms in total. The second-order valence-electron chi connectivity index (χ2n) is 16.3. The van der Waals surface area contributed by atoms with Gasteiger partial charge in [-0.3, -0.25) is 0 Å². The van der Waals surface area contributed by atoms with Crippen LogP contribution in [0, 0.1) is 0 Å². The quantitative estimate of drug-likeness (QED) is 0.165. The predicted molar refractivity (Wildman–Crippen MR) is 256 cm³/mol. The van der Waals surface area contributed by atoms with Gasteiger partial charge >= 0.3 is 0 Å². The highest BCUT2D eigenvalue weighted by Gasteiger charge is 2.51. The van der Waals surface area contributed by atoms with E-state index in [1.807, 2.05) is 6.07 Å². The van der Waals surface area contributed by atoms with Crippen molar-refractivity contribution in [1.82, 2.24) is 0 Å². The van der Waals surface area contributed by atoms with Gasteiger partial charge in [0.15, 0.2) is 0 Å². The minimum absolute atomic E-state index is 0.188. The lowest BCUT2D eigenvalue weighted by Gasteiger charge is -2.45. The molecule has 9 aromatic carbocycles. The van der Waals surface area contributed by atoms with Crippen LogP contribution in [0.1, 0.15) is 45.0 Å². The summed E-state index contributed by atoms with van der Waals surface area (Å²) in [5.41, 5.74) is 19.5. The molecule has 292 valence electrons. The first-order valence-electron chi connectivity index (χ1n) is 21.4. The summed E-state index contributed by atoms with van der Waals surface area (Å²) < 4.78 is 0. The van der Waals surface area contributed by atoms with Crippen molar-refractivity contribution in [1.29, 1.82) is 0 Å². The van der Waals surface area contributed by atoms with Gasteiger partial charge in [0, 0.05) is 11.7 Å². The van der Waals surface area contributed by atoms with E-state index in [4.69, 9.17) is 10.3 Å². The van der Waals surface area contributed by atoms with Crippen molar-refractivity contribution in [3.63, 3.8) is 0 Å². The van der Waals surface area contributed by atoms with E-state index in [1.165, 1.54) is 61.4 Å². The lowest BCUT2D eigenvalue weighted by atomic mass is 9.64. The third-order valence-electron chi connectivity index (χ3n) is 12.8. The largest absolute Gasteiger partial charge is 0.454 e. The molecule has 3 aliphatic rings. The van der Waals surface area contributed by atoms with Crippen LogP contribution in [0.2, 0.25) is 0 Å². The number of para-hydroxylation sites is 3. The Kier molecular flexibility index (Phi) is 8.46. The Morgan fingerprint density at radius 3 is 1.61 bits per heavy atom. The molecular formula is C59H40N3-. The molecule has 3 heteroatoms. The normalized spacial score (nSPS) is 15.4. The van der Waals surface area contributed by atoms with E-state index < -0.39 is 5.41 Å². The zero-order valence-corrected chi connectivity index (χ0v) is 33.9. The number of benzene rings is 9. The molecule has 0 N–H and O–H groups in total. The molecule has 0 aromatic heterocycles. The van der Waals surface area contributed by atoms with Crippen molar-refractivity contribution in [2.75, 3.05) is 4.90 Å². The number of rotatable bonds is 6. The number of anilines is 3. The van der Waals surface area contributed by atoms with Gasteiger partial charge in [-0.1, -0.05) is 206 Å². The molecule has 0 fully saturated rings. The molecule has 0 bridgehead atoms. The maximum absolute atomic E-state index is 5.24. The van der Waals surface area contributed by atoms with E-state index in [0.717, 1.165) is 39.5 Å². The lowest BCUT2D eigenvalue weighted by molar-refractivity contribution is 0.753. The van der Waals surface area contributed by atoms with Crippen LogP contribution in [-0.2, 0) is 5.41 Å². The van der Waals surface area contributed by atoms with Gasteiger partial charge in [0.2, 0.25) is 0 Å². The molecule has 62 heavy (non-hydrogen) atoms. The number of hydrogen-bond acceptors (Lipinski definition) is 2. The predicted octanol–water partition coefficient (Wildman–Crippen LogP) is 15.1. The van der Waals surface area contributed by atoms with Crippen LogP contribution in [0.15, 0.2) is 242 Å². The van der Waals surface area contributed by atoms with E-state index in [0.29, 0.717) is 0 Å². The highest BCUT2D eigenvalue weighted by molar-refractivity contribution is 6.12. The summed E-state index contributed by atoms with van der Waals surface area (Å²) in [4.78, 5) is 7.67. The summed E-state index contributed by atoms with van der Waals surface area (Å²) in [7, 11) is 0. The van der Waals surface area contributed by atoms with Crippen LogP contribution in [0.5, 0.6) is 0 Å². The average molecular weight is 791 g/mol. The summed E-state index contributed by atoms with van der Waals surface area (Å²) in [6.45, 7) is 0. The van der Waals surface area contributed by atoms with Crippen LogP contribution in [0.4, 0.5) is 17.1 Å². The standard InChI is InChI=1S/C59H40N3/c1-4-17-40(18-5-1)41-31-33-42(34-32-41)54-39-55(61-58(60-54)43-19-6-2-7-20-43)46-22-16-21-44(37-46)45-35-36-49-48-25-10-11-26-50(48)59(53(49)38-45)51-27-12-14-29-56(51)62(47-23-8-3-9-24-47)57-30-15-13-28-52(57)59/h1-39,54H/q-1. The molecule has 9 aromatic rings. The third-order valence-corrected chi connectivity index (χ3v) is 12.8. The van der Waals surface area contributed by atoms with Crippen molar-refractivity contribution in [3.8, 4) is 33.4 Å². The van der Waals surface area contributed by atoms with Gasteiger partial charge < -0.3 is 15.2 Å². The minimum atomic E-state index is -0.524. The third kappa shape index (κ3) is 5.70. The van der Waals surface area contributed by atoms with Crippen LogP contribution in [0.25, 0.3) is 44.4 Å². The second-order valence-corrected chi connectivity index (χ2v) is 16.3. The van der Waals surface area contributed by atoms with Crippen molar-refractivity contribution in [2.45, 2.75) is 11.5 Å². The molecule has 2 aliphatic heterocycles. The summed E-state index contributed by atoms with van der Waals surface area (Å²) in [5.74, 6) is 0.738. The van der Waals surface area contributed by atoms with Gasteiger partial charge in [-0.25, -0.2) is 0 Å². The molecule has 1 aliphatic carbocycles. The SMILES string of the molecule is C1=C(c2cccc(-c3ccc4c(c3)C3(c5ccccc5-4)c4ccccc4N(c4ccccc4)c4ccccc43)c2)N=C(c2ccccc2)[N-]C1c1ccc(-c2ccccc2)cc1. The summed E-state index contributed by atoms with van der Waals surface area (Å²) >= 11 is 0. The maximum atomic E-state index is 5.24. The van der Waals surface area contributed by atoms with Gasteiger partial charge in [-0.2, -0.15) is 0 Å². The molecule has 0 amide bonds. The van der Waals surface area contributed by atoms with E-state index in [2.05, 4.69) is 235 Å². The number of aliphatic imine (C=N–C) groups is 1. The van der Waals surface area contributed by atoms with Crippen molar-refractivity contribution in [3.05, 3.63) is 281 Å². The molecule has 1 spiro atoms. The fraction of sp³-hybridized carbons (Fsp3) is 0.0339. The number of nitrogens with zero attached hydrogens (tertiary/aromatic N) is 3. The number of amidine groups is 1. The van der Waals surface area contributed by atoms with Crippen molar-refractivity contribution in [2.24, 2.45) is 4.99 Å². The van der Waals surface area contributed by atoms with E-state index >= 15 is 0 Å². The molecule has 1 atom stereocenters. The lowest BCUT2D eigenvalue weighted by Crippen LogP contribution is -2.36. The van der Waals surface area contributed by atoms with Crippen LogP contribution in [0.3, 0.4) is 0 Å². The molecule has 0 saturated heterocycles. The van der Waals surface area contributed by atoms with Crippen molar-refractivity contribution >= 4 is 28.6 Å². The second kappa shape index (κ2) is 14.6. The first-order valence-corrected chi connectivity index (χ1v) is 21.4. The van der Waals surface area contributed by atoms with Crippen molar-refractivity contribution < 1.29 is 0 Å². The molecular weight excluding hydrogens is 751 g/mol. The Bertz CT molecular complexity index is 3160. The Morgan fingerprint density at radius 2 is 0.903 bits per heavy atom. The molecule has 1 unspecified atom stereocenters. The fourth-order valence-electron chi connectivity index (χ4n) is 10.1. The maximum Gasteiger partial charge on any atom is 0.0754 e. The number of hydrogen-bond donors (Lipinski definition) is 0. The first kappa shape index (κ1) is 35.9. The van der Waals surface area contributed by atoms with Gasteiger partial charge in [0.25, 0.3) is 0 Å². The average Bonchev–Trinajstić information content (AvgIpc) is 3.65. The number of fused-ring (bicyclic) bond motifs is 9.